The van der Waals surface area contributed by atoms with Crippen LogP contribution in [0.15, 0.2) is 35.3 Å². The maximum atomic E-state index is 10.1. The van der Waals surface area contributed by atoms with Crippen molar-refractivity contribution in [3.8, 4) is 0 Å². The molecule has 0 saturated carbocycles. The summed E-state index contributed by atoms with van der Waals surface area (Å²) in [5, 5.41) is 42.6. The molecule has 21 heavy (non-hydrogen) atoms. The summed E-state index contributed by atoms with van der Waals surface area (Å²) < 4.78 is 0. The van der Waals surface area contributed by atoms with E-state index >= 15 is 0 Å². The molecule has 2 aliphatic rings. The van der Waals surface area contributed by atoms with Gasteiger partial charge in [0, 0.05) is 6.54 Å². The van der Waals surface area contributed by atoms with E-state index in [1.165, 1.54) is 4.90 Å². The van der Waals surface area contributed by atoms with Crippen LogP contribution in [0.5, 0.6) is 0 Å². The Morgan fingerprint density at radius 2 is 1.76 bits per heavy atom. The normalized spacial score (nSPS) is 35.3. The molecule has 1 aromatic carbocycles. The second-order valence-electron chi connectivity index (χ2n) is 5.36. The average Bonchev–Trinajstić information content (AvgIpc) is 2.94. The molecule has 0 aromatic heterocycles. The number of rotatable bonds is 2. The van der Waals surface area contributed by atoms with Gasteiger partial charge in [-0.25, -0.2) is 0 Å². The Morgan fingerprint density at radius 3 is 2.48 bits per heavy atom. The first-order valence-electron chi connectivity index (χ1n) is 6.92. The highest BCUT2D eigenvalue weighted by molar-refractivity contribution is 5.82. The Bertz CT molecular complexity index is 524. The summed E-state index contributed by atoms with van der Waals surface area (Å²) >= 11 is 0. The van der Waals surface area contributed by atoms with Gasteiger partial charge in [0.05, 0.1) is 12.6 Å². The fourth-order valence-corrected chi connectivity index (χ4v) is 2.80. The minimum atomic E-state index is -1.43. The van der Waals surface area contributed by atoms with Gasteiger partial charge in [-0.3, -0.25) is 4.99 Å². The lowest BCUT2D eigenvalue weighted by molar-refractivity contribution is -0.192. The third-order valence-corrected chi connectivity index (χ3v) is 4.01. The molecule has 7 heteroatoms. The second kappa shape index (κ2) is 5.61. The number of guanidine groups is 1. The second-order valence-corrected chi connectivity index (χ2v) is 5.36. The van der Waals surface area contributed by atoms with E-state index in [9.17, 15) is 20.4 Å². The van der Waals surface area contributed by atoms with E-state index in [0.717, 1.165) is 5.56 Å². The summed E-state index contributed by atoms with van der Waals surface area (Å²) in [6.45, 7) is 0.781. The Morgan fingerprint density at radius 1 is 1.05 bits per heavy atom. The van der Waals surface area contributed by atoms with Crippen molar-refractivity contribution in [3.05, 3.63) is 35.9 Å². The number of piperidine rings is 1. The molecule has 1 aromatic rings. The van der Waals surface area contributed by atoms with Crippen LogP contribution >= 0.6 is 0 Å². The van der Waals surface area contributed by atoms with E-state index in [1.807, 2.05) is 30.3 Å². The molecular weight excluding hydrogens is 274 g/mol. The average molecular weight is 293 g/mol. The topological polar surface area (TPSA) is 109 Å². The number of aliphatic imine (C=N–C) groups is 1. The van der Waals surface area contributed by atoms with Crippen molar-refractivity contribution in [3.63, 3.8) is 0 Å². The van der Waals surface area contributed by atoms with E-state index in [4.69, 9.17) is 0 Å². The predicted octanol–water partition coefficient (Wildman–Crippen LogP) is -1.77. The molecule has 5 atom stereocenters. The predicted molar refractivity (Wildman–Crippen MR) is 75.2 cm³/mol. The molecule has 114 valence electrons. The van der Waals surface area contributed by atoms with Gasteiger partial charge in [-0.15, -0.1) is 0 Å². The number of aliphatic hydroxyl groups is 4. The van der Waals surface area contributed by atoms with Gasteiger partial charge >= 0.3 is 0 Å². The Hall–Kier alpha value is -1.67. The summed E-state index contributed by atoms with van der Waals surface area (Å²) in [5.74, 6) is 0.418. The van der Waals surface area contributed by atoms with E-state index in [2.05, 4.69) is 10.3 Å². The minimum Gasteiger partial charge on any atom is -0.388 e. The van der Waals surface area contributed by atoms with Crippen molar-refractivity contribution in [2.45, 2.75) is 37.1 Å². The van der Waals surface area contributed by atoms with Crippen molar-refractivity contribution in [1.29, 1.82) is 0 Å². The lowest BCUT2D eigenvalue weighted by Gasteiger charge is -2.44. The zero-order chi connectivity index (χ0) is 15.0. The number of aliphatic hydroxyl groups excluding tert-OH is 4. The van der Waals surface area contributed by atoms with Crippen LogP contribution in [-0.2, 0) is 6.54 Å². The van der Waals surface area contributed by atoms with Crippen molar-refractivity contribution in [2.75, 3.05) is 6.54 Å². The lowest BCUT2D eigenvalue weighted by atomic mass is 9.93. The first kappa shape index (κ1) is 14.3. The van der Waals surface area contributed by atoms with Crippen LogP contribution in [-0.4, -0.2) is 68.4 Å². The number of nitrogens with one attached hydrogen (secondary N) is 1. The highest BCUT2D eigenvalue weighted by atomic mass is 16.4. The van der Waals surface area contributed by atoms with E-state index in [-0.39, 0.29) is 6.54 Å². The van der Waals surface area contributed by atoms with Crippen LogP contribution in [0, 0.1) is 0 Å². The monoisotopic (exact) mass is 293 g/mol. The molecule has 0 bridgehead atoms. The van der Waals surface area contributed by atoms with E-state index < -0.39 is 30.6 Å². The number of benzene rings is 1. The van der Waals surface area contributed by atoms with Crippen LogP contribution in [0.25, 0.3) is 0 Å². The minimum absolute atomic E-state index is 0.263. The smallest absolute Gasteiger partial charge is 0.196 e. The van der Waals surface area contributed by atoms with Crippen molar-refractivity contribution < 1.29 is 20.4 Å². The summed E-state index contributed by atoms with van der Waals surface area (Å²) in [6.07, 6.45) is -5.25. The van der Waals surface area contributed by atoms with Gasteiger partial charge in [0.2, 0.25) is 0 Å². The zero-order valence-electron chi connectivity index (χ0n) is 11.4. The largest absolute Gasteiger partial charge is 0.388 e. The molecule has 0 amide bonds. The zero-order valence-corrected chi connectivity index (χ0v) is 11.4. The van der Waals surface area contributed by atoms with Gasteiger partial charge in [-0.2, -0.15) is 0 Å². The quantitative estimate of drug-likeness (QED) is 0.442. The highest BCUT2D eigenvalue weighted by Crippen LogP contribution is 2.27. The number of fused-ring (bicyclic) bond motifs is 1. The first-order chi connectivity index (χ1) is 10.1. The molecule has 2 heterocycles. The van der Waals surface area contributed by atoms with Crippen LogP contribution in [0.2, 0.25) is 0 Å². The molecule has 7 nitrogen and oxygen atoms in total. The molecule has 0 aliphatic carbocycles. The molecule has 1 saturated heterocycles. The van der Waals surface area contributed by atoms with Gasteiger partial charge < -0.3 is 30.6 Å². The maximum absolute atomic E-state index is 10.1. The Labute approximate surface area is 122 Å². The van der Waals surface area contributed by atoms with Gasteiger partial charge in [-0.1, -0.05) is 30.3 Å². The van der Waals surface area contributed by atoms with Gasteiger partial charge in [0.15, 0.2) is 12.2 Å². The maximum Gasteiger partial charge on any atom is 0.196 e. The number of nitrogens with zero attached hydrogens (tertiary/aromatic N) is 2. The standard InChI is InChI=1S/C14H19N3O4/c18-10-9-7-16-14(15-6-8-4-2-1-3-5-8)17(9)13(21)12(20)11(10)19/h1-5,9-13,18-21H,6-7H2,(H,15,16). The Kier molecular flexibility index (Phi) is 3.81. The number of hydrogen-bond donors (Lipinski definition) is 5. The van der Waals surface area contributed by atoms with Crippen LogP contribution in [0.1, 0.15) is 5.56 Å². The van der Waals surface area contributed by atoms with Gasteiger partial charge in [0.25, 0.3) is 0 Å². The lowest BCUT2D eigenvalue weighted by Crippen LogP contribution is -2.67. The molecule has 3 rings (SSSR count). The molecule has 1 fully saturated rings. The SMILES string of the molecule is OC1C(O)C(O)N2C(NCc3ccccc3)=NCC2C1O. The van der Waals surface area contributed by atoms with Gasteiger partial charge in [-0.05, 0) is 5.56 Å². The van der Waals surface area contributed by atoms with E-state index in [1.54, 1.807) is 0 Å². The first-order valence-corrected chi connectivity index (χ1v) is 6.92. The summed E-state index contributed by atoms with van der Waals surface area (Å²) in [7, 11) is 0. The molecule has 2 aliphatic heterocycles. The fraction of sp³-hybridized carbons (Fsp3) is 0.500. The van der Waals surface area contributed by atoms with Crippen molar-refractivity contribution in [2.24, 2.45) is 4.99 Å². The molecule has 5 N–H and O–H groups in total. The number of hydrogen-bond acceptors (Lipinski definition) is 7. The summed E-state index contributed by atoms with van der Waals surface area (Å²) in [4.78, 5) is 5.69. The Balaban J connectivity index is 1.70. The summed E-state index contributed by atoms with van der Waals surface area (Å²) in [5.41, 5.74) is 1.05. The van der Waals surface area contributed by atoms with E-state index in [0.29, 0.717) is 12.5 Å². The van der Waals surface area contributed by atoms with Crippen molar-refractivity contribution >= 4 is 5.96 Å². The molecular formula is C14H19N3O4. The van der Waals surface area contributed by atoms with Crippen LogP contribution in [0.4, 0.5) is 0 Å². The van der Waals surface area contributed by atoms with Crippen LogP contribution in [0.3, 0.4) is 0 Å². The molecule has 0 spiro atoms. The third kappa shape index (κ3) is 2.49. The van der Waals surface area contributed by atoms with Crippen molar-refractivity contribution in [1.82, 2.24) is 10.2 Å². The molecule has 0 radical (unpaired) electrons. The summed E-state index contributed by atoms with van der Waals surface area (Å²) in [6, 6.07) is 9.16. The fourth-order valence-electron chi connectivity index (χ4n) is 2.80. The van der Waals surface area contributed by atoms with Crippen LogP contribution < -0.4 is 5.32 Å². The third-order valence-electron chi connectivity index (χ3n) is 4.01. The molecule has 5 unspecified atom stereocenters. The highest BCUT2D eigenvalue weighted by Gasteiger charge is 2.50. The van der Waals surface area contributed by atoms with Gasteiger partial charge in [0.1, 0.15) is 18.3 Å².